The second kappa shape index (κ2) is 8.31. The van der Waals surface area contributed by atoms with E-state index in [4.69, 9.17) is 9.41 Å². The highest BCUT2D eigenvalue weighted by Crippen LogP contribution is 2.29. The molecular weight excluding hydrogens is 446 g/mol. The summed E-state index contributed by atoms with van der Waals surface area (Å²) in [7, 11) is 0. The summed E-state index contributed by atoms with van der Waals surface area (Å²) in [5, 5.41) is 12.3. The van der Waals surface area contributed by atoms with Crippen LogP contribution in [0.3, 0.4) is 0 Å². The maximum absolute atomic E-state index is 13.1. The molecule has 8 heteroatoms. The summed E-state index contributed by atoms with van der Waals surface area (Å²) in [6.45, 7) is 1.98. The van der Waals surface area contributed by atoms with Crippen LogP contribution >= 0.6 is 11.3 Å². The van der Waals surface area contributed by atoms with E-state index in [1.54, 1.807) is 11.3 Å². The van der Waals surface area contributed by atoms with Crippen LogP contribution in [0.4, 0.5) is 6.01 Å². The predicted molar refractivity (Wildman–Crippen MR) is 132 cm³/mol. The van der Waals surface area contributed by atoms with E-state index < -0.39 is 6.17 Å². The first-order valence-electron chi connectivity index (χ1n) is 10.9. The molecule has 0 unspecified atom stereocenters. The van der Waals surface area contributed by atoms with Crippen LogP contribution in [0, 0.1) is 6.92 Å². The third-order valence-electron chi connectivity index (χ3n) is 5.68. The number of carbonyl (C=O) groups excluding carboxylic acids is 1. The summed E-state index contributed by atoms with van der Waals surface area (Å²) in [4.78, 5) is 22.4. The van der Waals surface area contributed by atoms with Crippen molar-refractivity contribution in [3.63, 3.8) is 0 Å². The van der Waals surface area contributed by atoms with E-state index in [0.717, 1.165) is 43.2 Å². The van der Waals surface area contributed by atoms with Gasteiger partial charge in [0.05, 0.1) is 20.9 Å². The van der Waals surface area contributed by atoms with Crippen LogP contribution in [0.15, 0.2) is 82.2 Å². The van der Waals surface area contributed by atoms with Crippen LogP contribution in [0.5, 0.6) is 0 Å². The lowest BCUT2D eigenvalue weighted by atomic mass is 9.96. The molecule has 0 amide bonds. The number of nitrogens with one attached hydrogen (secondary N) is 1. The van der Waals surface area contributed by atoms with E-state index in [0.29, 0.717) is 5.89 Å². The number of hydrogen-bond acceptors (Lipinski definition) is 8. The second-order valence-electron chi connectivity index (χ2n) is 8.02. The fourth-order valence-corrected chi connectivity index (χ4v) is 4.95. The number of fused-ring (bicyclic) bond motifs is 2. The Morgan fingerprint density at radius 3 is 2.68 bits per heavy atom. The van der Waals surface area contributed by atoms with Crippen molar-refractivity contribution in [2.24, 2.45) is 4.99 Å². The van der Waals surface area contributed by atoms with Gasteiger partial charge in [-0.1, -0.05) is 59.7 Å². The van der Waals surface area contributed by atoms with Gasteiger partial charge >= 0.3 is 6.01 Å². The maximum Gasteiger partial charge on any atom is 0.317 e. The zero-order valence-electron chi connectivity index (χ0n) is 18.2. The van der Waals surface area contributed by atoms with Gasteiger partial charge in [-0.3, -0.25) is 9.79 Å². The Bertz CT molecular complexity index is 1550. The molecule has 1 N–H and O–H groups in total. The Hall–Kier alpha value is -4.17. The number of aryl methyl sites for hydroxylation is 1. The lowest BCUT2D eigenvalue weighted by Gasteiger charge is -2.11. The molecule has 6 rings (SSSR count). The second-order valence-corrected chi connectivity index (χ2v) is 9.25. The predicted octanol–water partition coefficient (Wildman–Crippen LogP) is 5.06. The maximum atomic E-state index is 13.1. The van der Waals surface area contributed by atoms with E-state index in [2.05, 4.69) is 20.5 Å². The van der Waals surface area contributed by atoms with Crippen molar-refractivity contribution in [2.45, 2.75) is 19.5 Å². The highest BCUT2D eigenvalue weighted by atomic mass is 32.1. The monoisotopic (exact) mass is 465 g/mol. The van der Waals surface area contributed by atoms with Gasteiger partial charge in [0, 0.05) is 23.1 Å². The van der Waals surface area contributed by atoms with E-state index in [1.807, 2.05) is 79.7 Å². The van der Waals surface area contributed by atoms with Crippen molar-refractivity contribution in [1.29, 1.82) is 0 Å². The number of benzene rings is 3. The molecule has 2 aromatic heterocycles. The van der Waals surface area contributed by atoms with Crippen LogP contribution in [-0.2, 0) is 11.2 Å². The molecule has 1 aliphatic heterocycles. The largest absolute Gasteiger partial charge is 0.403 e. The highest BCUT2D eigenvalue weighted by molar-refractivity contribution is 7.18. The third kappa shape index (κ3) is 3.78. The van der Waals surface area contributed by atoms with Gasteiger partial charge in [-0.2, -0.15) is 0 Å². The number of hydrogen-bond donors (Lipinski definition) is 1. The van der Waals surface area contributed by atoms with Gasteiger partial charge in [0.1, 0.15) is 0 Å². The van der Waals surface area contributed by atoms with Crippen molar-refractivity contribution in [3.05, 3.63) is 94.5 Å². The van der Waals surface area contributed by atoms with E-state index >= 15 is 0 Å². The Labute approximate surface area is 199 Å². The number of Topliss-reactive ketones (excluding diaryl/α,β-unsaturated/α-hetero) is 1. The van der Waals surface area contributed by atoms with Gasteiger partial charge in [-0.25, -0.2) is 4.98 Å². The first-order chi connectivity index (χ1) is 16.6. The summed E-state index contributed by atoms with van der Waals surface area (Å²) < 4.78 is 6.92. The van der Waals surface area contributed by atoms with Gasteiger partial charge in [0.2, 0.25) is 5.89 Å². The number of nitrogens with zero attached hydrogens (tertiary/aromatic N) is 4. The molecule has 0 radical (unpaired) electrons. The van der Waals surface area contributed by atoms with Crippen molar-refractivity contribution < 1.29 is 9.21 Å². The Morgan fingerprint density at radius 2 is 1.79 bits per heavy atom. The molecule has 1 aliphatic rings. The van der Waals surface area contributed by atoms with Crippen LogP contribution in [0.25, 0.3) is 21.7 Å². The first-order valence-corrected chi connectivity index (χ1v) is 11.7. The smallest absolute Gasteiger partial charge is 0.317 e. The van der Waals surface area contributed by atoms with Gasteiger partial charge in [0.25, 0.3) is 0 Å². The summed E-state index contributed by atoms with van der Waals surface area (Å²) in [5.74, 6) is 0.298. The quantitative estimate of drug-likeness (QED) is 0.399. The minimum Gasteiger partial charge on any atom is -0.403 e. The Kier molecular flexibility index (Phi) is 5.00. The number of rotatable bonds is 4. The third-order valence-corrected chi connectivity index (χ3v) is 6.61. The minimum atomic E-state index is -0.845. The van der Waals surface area contributed by atoms with Crippen LogP contribution < -0.4 is 5.32 Å². The standard InChI is InChI=1S/C26H19N5O2S/c1-15-27-20-12-11-18(14-22(20)34-15)25-30-31-26(33-25)29-24-21(32)13-17-9-5-6-10-19(17)23(28-24)16-7-3-2-4-8-16/h2-12,14,24H,13H2,1H3,(H,29,31)/t24-/m1/s1. The molecule has 0 spiro atoms. The zero-order chi connectivity index (χ0) is 23.1. The molecule has 0 saturated heterocycles. The van der Waals surface area contributed by atoms with Gasteiger partial charge in [-0.05, 0) is 30.7 Å². The molecule has 3 aromatic carbocycles. The lowest BCUT2D eigenvalue weighted by molar-refractivity contribution is -0.119. The number of thiazole rings is 1. The molecule has 34 heavy (non-hydrogen) atoms. The number of carbonyl (C=O) groups is 1. The lowest BCUT2D eigenvalue weighted by Crippen LogP contribution is -2.29. The fraction of sp³-hybridized carbons (Fsp3) is 0.115. The number of aliphatic imine (C=N–C) groups is 1. The number of anilines is 1. The number of aromatic nitrogens is 3. The molecule has 0 saturated carbocycles. The fourth-order valence-electron chi connectivity index (χ4n) is 4.09. The summed E-state index contributed by atoms with van der Waals surface area (Å²) in [6, 6.07) is 23.7. The van der Waals surface area contributed by atoms with E-state index in [-0.39, 0.29) is 18.2 Å². The van der Waals surface area contributed by atoms with Gasteiger partial charge < -0.3 is 9.73 Å². The first kappa shape index (κ1) is 20.4. The SMILES string of the molecule is Cc1nc2ccc(-c3nnc(N[C@H]4N=C(c5ccccc5)c5ccccc5CC4=O)o3)cc2s1. The van der Waals surface area contributed by atoms with Crippen LogP contribution in [0.1, 0.15) is 21.7 Å². The summed E-state index contributed by atoms with van der Waals surface area (Å²) in [5.41, 5.74) is 5.32. The molecule has 0 fully saturated rings. The van der Waals surface area contributed by atoms with E-state index in [9.17, 15) is 4.79 Å². The molecule has 5 aromatic rings. The topological polar surface area (TPSA) is 93.3 Å². The van der Waals surface area contributed by atoms with Crippen LogP contribution in [0.2, 0.25) is 0 Å². The molecule has 1 atom stereocenters. The van der Waals surface area contributed by atoms with Crippen molar-refractivity contribution in [1.82, 2.24) is 15.2 Å². The Balaban J connectivity index is 1.34. The summed E-state index contributed by atoms with van der Waals surface area (Å²) >= 11 is 1.61. The van der Waals surface area contributed by atoms with E-state index in [1.165, 1.54) is 0 Å². The van der Waals surface area contributed by atoms with Gasteiger partial charge in [-0.15, -0.1) is 16.4 Å². The summed E-state index contributed by atoms with van der Waals surface area (Å²) in [6.07, 6.45) is -0.585. The molecule has 166 valence electrons. The molecule has 0 aliphatic carbocycles. The molecule has 3 heterocycles. The average molecular weight is 466 g/mol. The average Bonchev–Trinajstić information content (AvgIpc) is 3.44. The number of ketones is 1. The normalized spacial score (nSPS) is 15.6. The van der Waals surface area contributed by atoms with Crippen molar-refractivity contribution >= 4 is 39.1 Å². The molecule has 0 bridgehead atoms. The Morgan fingerprint density at radius 1 is 0.971 bits per heavy atom. The zero-order valence-corrected chi connectivity index (χ0v) is 19.0. The van der Waals surface area contributed by atoms with Gasteiger partial charge in [0.15, 0.2) is 11.9 Å². The minimum absolute atomic E-state index is 0.0697. The van der Waals surface area contributed by atoms with Crippen molar-refractivity contribution in [2.75, 3.05) is 5.32 Å². The molecular formula is C26H19N5O2S. The highest BCUT2D eigenvalue weighted by Gasteiger charge is 2.27. The van der Waals surface area contributed by atoms with Crippen molar-refractivity contribution in [3.8, 4) is 11.5 Å². The van der Waals surface area contributed by atoms with Crippen LogP contribution in [-0.4, -0.2) is 32.8 Å². The molecule has 7 nitrogen and oxygen atoms in total.